The third-order valence-electron chi connectivity index (χ3n) is 3.85. The zero-order valence-corrected chi connectivity index (χ0v) is 14.2. The number of nitrogen functional groups attached to an aromatic ring is 1. The van der Waals surface area contributed by atoms with Crippen LogP contribution in [0.2, 0.25) is 0 Å². The molecule has 2 N–H and O–H groups in total. The molecule has 0 aliphatic rings. The Kier molecular flexibility index (Phi) is 6.23. The van der Waals surface area contributed by atoms with Gasteiger partial charge in [-0.3, -0.25) is 9.59 Å². The molecule has 6 heteroatoms. The van der Waals surface area contributed by atoms with Crippen LogP contribution >= 0.6 is 0 Å². The number of nitrogens with zero attached hydrogens (tertiary/aromatic N) is 1. The van der Waals surface area contributed by atoms with Crippen LogP contribution in [0.15, 0.2) is 23.0 Å². The molecule has 0 radical (unpaired) electrons. The Hall–Kier alpha value is -2.50. The number of carbonyl (C=O) groups is 1. The van der Waals surface area contributed by atoms with E-state index in [0.29, 0.717) is 35.5 Å². The minimum Gasteiger partial charge on any atom is -0.489 e. The summed E-state index contributed by atoms with van der Waals surface area (Å²) < 4.78 is 12.4. The van der Waals surface area contributed by atoms with E-state index in [2.05, 4.69) is 0 Å². The number of unbranched alkanes of at least 4 members (excludes halogenated alkanes) is 2. The standard InChI is InChI=1S/C18H24N2O4/c1-3-5-9-20-15-11-13(19)7-8-14(15)16(23-10-6-4-2)17(18(20)22)24-12-21/h7-8,11-12H,3-6,9-10,19H2,1-2H3. The number of aryl methyl sites for hydroxylation is 1. The molecule has 0 saturated carbocycles. The molecule has 6 nitrogen and oxygen atoms in total. The Morgan fingerprint density at radius 2 is 1.92 bits per heavy atom. The number of anilines is 1. The largest absolute Gasteiger partial charge is 0.489 e. The van der Waals surface area contributed by atoms with Crippen molar-refractivity contribution in [2.75, 3.05) is 12.3 Å². The molecular formula is C18H24N2O4. The summed E-state index contributed by atoms with van der Waals surface area (Å²) in [5, 5.41) is 0.716. The summed E-state index contributed by atoms with van der Waals surface area (Å²) in [6.07, 6.45) is 3.58. The number of aromatic nitrogens is 1. The molecular weight excluding hydrogens is 308 g/mol. The summed E-state index contributed by atoms with van der Waals surface area (Å²) in [6.45, 7) is 5.33. The Morgan fingerprint density at radius 1 is 1.17 bits per heavy atom. The number of fused-ring (bicyclic) bond motifs is 1. The lowest BCUT2D eigenvalue weighted by molar-refractivity contribution is -0.120. The van der Waals surface area contributed by atoms with Crippen LogP contribution in [0, 0.1) is 0 Å². The van der Waals surface area contributed by atoms with Gasteiger partial charge < -0.3 is 19.8 Å². The van der Waals surface area contributed by atoms with E-state index in [4.69, 9.17) is 15.2 Å². The Bertz CT molecular complexity index is 768. The van der Waals surface area contributed by atoms with Crippen LogP contribution in [0.25, 0.3) is 10.9 Å². The fourth-order valence-electron chi connectivity index (χ4n) is 2.57. The van der Waals surface area contributed by atoms with Gasteiger partial charge in [0.05, 0.1) is 12.1 Å². The van der Waals surface area contributed by atoms with Gasteiger partial charge in [-0.2, -0.15) is 0 Å². The topological polar surface area (TPSA) is 83.5 Å². The highest BCUT2D eigenvalue weighted by molar-refractivity contribution is 5.90. The van der Waals surface area contributed by atoms with Gasteiger partial charge in [0.25, 0.3) is 12.0 Å². The first-order valence-electron chi connectivity index (χ1n) is 8.33. The van der Waals surface area contributed by atoms with Crippen molar-refractivity contribution in [3.8, 4) is 11.5 Å². The first-order chi connectivity index (χ1) is 11.6. The molecule has 1 heterocycles. The van der Waals surface area contributed by atoms with E-state index in [9.17, 15) is 9.59 Å². The van der Waals surface area contributed by atoms with Gasteiger partial charge in [0.15, 0.2) is 5.75 Å². The SMILES string of the molecule is CCCCOc1c(OC=O)c(=O)n(CCCC)c2cc(N)ccc12. The number of hydrogen-bond donors (Lipinski definition) is 1. The van der Waals surface area contributed by atoms with E-state index in [0.717, 1.165) is 25.7 Å². The number of hydrogen-bond acceptors (Lipinski definition) is 5. The maximum atomic E-state index is 12.8. The number of carbonyl (C=O) groups excluding carboxylic acids is 1. The Balaban J connectivity index is 2.69. The molecule has 1 aromatic carbocycles. The molecule has 24 heavy (non-hydrogen) atoms. The molecule has 0 aliphatic heterocycles. The van der Waals surface area contributed by atoms with Crippen molar-refractivity contribution < 1.29 is 14.3 Å². The molecule has 0 fully saturated rings. The van der Waals surface area contributed by atoms with Gasteiger partial charge in [0.1, 0.15) is 0 Å². The third-order valence-corrected chi connectivity index (χ3v) is 3.85. The predicted octanol–water partition coefficient (Wildman–Crippen LogP) is 3.10. The molecule has 0 amide bonds. The van der Waals surface area contributed by atoms with Gasteiger partial charge in [-0.25, -0.2) is 0 Å². The van der Waals surface area contributed by atoms with Crippen molar-refractivity contribution >= 4 is 23.1 Å². The van der Waals surface area contributed by atoms with Crippen molar-refractivity contribution in [1.82, 2.24) is 4.57 Å². The minimum atomic E-state index is -0.375. The quantitative estimate of drug-likeness (QED) is 0.433. The lowest BCUT2D eigenvalue weighted by Gasteiger charge is -2.17. The van der Waals surface area contributed by atoms with Crippen LogP contribution < -0.4 is 20.8 Å². The first-order valence-corrected chi connectivity index (χ1v) is 8.33. The summed E-state index contributed by atoms with van der Waals surface area (Å²) in [5.74, 6) is 0.248. The van der Waals surface area contributed by atoms with Gasteiger partial charge in [-0.15, -0.1) is 0 Å². The predicted molar refractivity (Wildman–Crippen MR) is 94.6 cm³/mol. The molecule has 0 spiro atoms. The van der Waals surface area contributed by atoms with Crippen molar-refractivity contribution in [3.63, 3.8) is 0 Å². The normalized spacial score (nSPS) is 10.8. The molecule has 0 unspecified atom stereocenters. The van der Waals surface area contributed by atoms with Gasteiger partial charge >= 0.3 is 0 Å². The molecule has 130 valence electrons. The van der Waals surface area contributed by atoms with Crippen molar-refractivity contribution in [1.29, 1.82) is 0 Å². The Morgan fingerprint density at radius 3 is 2.58 bits per heavy atom. The smallest absolute Gasteiger partial charge is 0.298 e. The van der Waals surface area contributed by atoms with Gasteiger partial charge in [-0.05, 0) is 31.0 Å². The second kappa shape index (κ2) is 8.38. The van der Waals surface area contributed by atoms with E-state index < -0.39 is 0 Å². The summed E-state index contributed by atoms with van der Waals surface area (Å²) in [5.41, 5.74) is 6.78. The third kappa shape index (κ3) is 3.69. The number of rotatable bonds is 9. The molecule has 0 aliphatic carbocycles. The summed E-state index contributed by atoms with van der Waals surface area (Å²) in [7, 11) is 0. The van der Waals surface area contributed by atoms with Crippen molar-refractivity contribution in [3.05, 3.63) is 28.6 Å². The highest BCUT2D eigenvalue weighted by Crippen LogP contribution is 2.34. The molecule has 2 rings (SSSR count). The van der Waals surface area contributed by atoms with E-state index in [1.165, 1.54) is 0 Å². The average Bonchev–Trinajstić information content (AvgIpc) is 2.57. The molecule has 0 atom stereocenters. The number of pyridine rings is 1. The van der Waals surface area contributed by atoms with Crippen LogP contribution in [0.4, 0.5) is 5.69 Å². The number of ether oxygens (including phenoxy) is 2. The lowest BCUT2D eigenvalue weighted by Crippen LogP contribution is -2.24. The van der Waals surface area contributed by atoms with Crippen LogP contribution in [0.5, 0.6) is 11.5 Å². The molecule has 1 aromatic heterocycles. The average molecular weight is 332 g/mol. The zero-order valence-electron chi connectivity index (χ0n) is 14.2. The lowest BCUT2D eigenvalue weighted by atomic mass is 10.1. The van der Waals surface area contributed by atoms with E-state index in [1.807, 2.05) is 13.8 Å². The summed E-state index contributed by atoms with van der Waals surface area (Å²) >= 11 is 0. The minimum absolute atomic E-state index is 0.0607. The maximum absolute atomic E-state index is 12.8. The summed E-state index contributed by atoms with van der Waals surface area (Å²) in [4.78, 5) is 23.7. The van der Waals surface area contributed by atoms with Crippen molar-refractivity contribution in [2.24, 2.45) is 0 Å². The molecule has 0 saturated heterocycles. The van der Waals surface area contributed by atoms with Crippen molar-refractivity contribution in [2.45, 2.75) is 46.1 Å². The van der Waals surface area contributed by atoms with Gasteiger partial charge in [0.2, 0.25) is 5.75 Å². The van der Waals surface area contributed by atoms with Crippen LogP contribution in [-0.4, -0.2) is 17.6 Å². The Labute approximate surface area is 141 Å². The van der Waals surface area contributed by atoms with E-state index >= 15 is 0 Å². The monoisotopic (exact) mass is 332 g/mol. The first kappa shape index (κ1) is 17.8. The maximum Gasteiger partial charge on any atom is 0.298 e. The second-order valence-corrected chi connectivity index (χ2v) is 5.66. The molecule has 0 bridgehead atoms. The van der Waals surface area contributed by atoms with Gasteiger partial charge in [0, 0.05) is 17.6 Å². The number of nitrogens with two attached hydrogens (primary N) is 1. The highest BCUT2D eigenvalue weighted by Gasteiger charge is 2.19. The highest BCUT2D eigenvalue weighted by atomic mass is 16.5. The van der Waals surface area contributed by atoms with Crippen LogP contribution in [0.3, 0.4) is 0 Å². The van der Waals surface area contributed by atoms with Crippen LogP contribution in [-0.2, 0) is 11.3 Å². The van der Waals surface area contributed by atoms with E-state index in [1.54, 1.807) is 22.8 Å². The fourth-order valence-corrected chi connectivity index (χ4v) is 2.57. The second-order valence-electron chi connectivity index (χ2n) is 5.66. The number of benzene rings is 1. The van der Waals surface area contributed by atoms with Crippen LogP contribution in [0.1, 0.15) is 39.5 Å². The fraction of sp³-hybridized carbons (Fsp3) is 0.444. The van der Waals surface area contributed by atoms with Gasteiger partial charge in [-0.1, -0.05) is 26.7 Å². The summed E-state index contributed by atoms with van der Waals surface area (Å²) in [6, 6.07) is 5.30. The molecule has 2 aromatic rings. The zero-order chi connectivity index (χ0) is 17.5. The van der Waals surface area contributed by atoms with E-state index in [-0.39, 0.29) is 17.8 Å².